The van der Waals surface area contributed by atoms with Crippen molar-refractivity contribution in [3.05, 3.63) is 103 Å². The largest absolute Gasteiger partial charge is 0.321 e. The van der Waals surface area contributed by atoms with Gasteiger partial charge in [-0.05, 0) is 22.0 Å². The molecule has 0 heterocycles. The quantitative estimate of drug-likeness (QED) is 0.206. The van der Waals surface area contributed by atoms with Gasteiger partial charge in [-0.1, -0.05) is 97.1 Å². The van der Waals surface area contributed by atoms with E-state index < -0.39 is 8.32 Å². The number of carbonyl (C=O) groups excluding carboxylic acids is 1. The van der Waals surface area contributed by atoms with Gasteiger partial charge in [0.2, 0.25) is 0 Å². The van der Waals surface area contributed by atoms with Gasteiger partial charge >= 0.3 is 8.32 Å². The van der Waals surface area contributed by atoms with Crippen molar-refractivity contribution in [1.82, 2.24) is 5.48 Å². The van der Waals surface area contributed by atoms with Gasteiger partial charge in [-0.25, -0.2) is 0 Å². The minimum Gasteiger partial charge on any atom is -0.306 e. The molecular weight excluding hydrogens is 350 g/mol. The maximum atomic E-state index is 10.5. The zero-order valence-corrected chi connectivity index (χ0v) is 16.1. The molecule has 0 atom stereocenters. The van der Waals surface area contributed by atoms with Crippen LogP contribution in [0.2, 0.25) is 0 Å². The Balaban J connectivity index is 2.05. The monoisotopic (exact) mass is 373 g/mol. The van der Waals surface area contributed by atoms with Crippen LogP contribution in [0, 0.1) is 0 Å². The van der Waals surface area contributed by atoms with Gasteiger partial charge in [-0.2, -0.15) is 0 Å². The Morgan fingerprint density at radius 2 is 1.15 bits per heavy atom. The summed E-state index contributed by atoms with van der Waals surface area (Å²) in [6.45, 7) is 0. The van der Waals surface area contributed by atoms with Gasteiger partial charge in [-0.3, -0.25) is 5.48 Å². The normalized spacial score (nSPS) is 11.4. The van der Waals surface area contributed by atoms with Gasteiger partial charge in [0.25, 0.3) is 0 Å². The first-order valence-electron chi connectivity index (χ1n) is 9.06. The van der Waals surface area contributed by atoms with E-state index in [-0.39, 0.29) is 0 Å². The van der Waals surface area contributed by atoms with Gasteiger partial charge in [0.1, 0.15) is 6.29 Å². The predicted octanol–water partition coefficient (Wildman–Crippen LogP) is 2.67. The number of carbonyl (C=O) groups is 1. The second-order valence-electron chi connectivity index (χ2n) is 6.15. The minimum absolute atomic E-state index is 0.511. The summed E-state index contributed by atoms with van der Waals surface area (Å²) < 4.78 is 6.48. The fraction of sp³-hybridized carbons (Fsp3) is 0.0870. The van der Waals surface area contributed by atoms with E-state index in [1.807, 2.05) is 60.7 Å². The third kappa shape index (κ3) is 4.42. The Morgan fingerprint density at radius 3 is 1.56 bits per heavy atom. The molecule has 27 heavy (non-hydrogen) atoms. The zero-order valence-electron chi connectivity index (χ0n) is 15.1. The molecule has 0 saturated carbocycles. The fourth-order valence-corrected chi connectivity index (χ4v) is 6.70. The molecule has 0 radical (unpaired) electrons. The molecule has 0 spiro atoms. The Bertz CT molecular complexity index is 755. The van der Waals surface area contributed by atoms with Crippen LogP contribution in [0.1, 0.15) is 12.8 Å². The lowest BCUT2D eigenvalue weighted by Crippen LogP contribution is -2.70. The molecule has 0 aromatic heterocycles. The highest BCUT2D eigenvalue weighted by Gasteiger charge is 2.42. The van der Waals surface area contributed by atoms with Crippen molar-refractivity contribution in [2.24, 2.45) is 0 Å². The Hall–Kier alpha value is -2.95. The van der Waals surface area contributed by atoms with Gasteiger partial charge < -0.3 is 9.32 Å². The Morgan fingerprint density at radius 1 is 0.704 bits per heavy atom. The molecule has 0 bridgehead atoms. The number of aldehydes is 1. The molecule has 3 aromatic carbocycles. The van der Waals surface area contributed by atoms with Crippen LogP contribution in [-0.2, 0) is 9.32 Å². The van der Waals surface area contributed by atoms with E-state index in [1.165, 1.54) is 0 Å². The van der Waals surface area contributed by atoms with Crippen molar-refractivity contribution in [3.63, 3.8) is 0 Å². The number of hydrogen-bond donors (Lipinski definition) is 1. The molecule has 3 nitrogen and oxygen atoms in total. The molecule has 0 aliphatic carbocycles. The van der Waals surface area contributed by atoms with E-state index in [0.717, 1.165) is 21.8 Å². The lowest BCUT2D eigenvalue weighted by molar-refractivity contribution is -0.107. The van der Waals surface area contributed by atoms with Crippen LogP contribution < -0.4 is 21.0 Å². The highest BCUT2D eigenvalue weighted by molar-refractivity contribution is 7.07. The van der Waals surface area contributed by atoms with Crippen molar-refractivity contribution in [3.8, 4) is 0 Å². The number of allylic oxidation sites excluding steroid dienone is 1. The van der Waals surface area contributed by atoms with Crippen LogP contribution in [-0.4, -0.2) is 14.6 Å². The summed E-state index contributed by atoms with van der Waals surface area (Å²) in [4.78, 5) is 10.5. The van der Waals surface area contributed by atoms with Gasteiger partial charge in [-0.15, -0.1) is 0 Å². The molecule has 0 aliphatic heterocycles. The van der Waals surface area contributed by atoms with Crippen molar-refractivity contribution >= 4 is 30.2 Å². The van der Waals surface area contributed by atoms with Crippen molar-refractivity contribution < 1.29 is 9.32 Å². The highest BCUT2D eigenvalue weighted by Crippen LogP contribution is 2.08. The van der Waals surface area contributed by atoms with E-state index in [0.29, 0.717) is 12.8 Å². The van der Waals surface area contributed by atoms with Crippen molar-refractivity contribution in [2.45, 2.75) is 12.8 Å². The maximum absolute atomic E-state index is 10.5. The first kappa shape index (κ1) is 18.8. The van der Waals surface area contributed by atoms with Crippen LogP contribution in [0.25, 0.3) is 0 Å². The number of benzene rings is 3. The minimum atomic E-state index is -2.72. The molecule has 136 valence electrons. The van der Waals surface area contributed by atoms with E-state index in [9.17, 15) is 4.79 Å². The van der Waals surface area contributed by atoms with E-state index in [1.54, 1.807) is 6.20 Å². The number of nitrogens with one attached hydrogen (secondary N) is 1. The molecule has 1 N–H and O–H groups in total. The van der Waals surface area contributed by atoms with Gasteiger partial charge in [0.15, 0.2) is 0 Å². The zero-order chi connectivity index (χ0) is 18.8. The Labute approximate surface area is 161 Å². The van der Waals surface area contributed by atoms with Crippen LogP contribution in [0.5, 0.6) is 0 Å². The lowest BCUT2D eigenvalue weighted by Gasteiger charge is -2.32. The molecular formula is C23H23NO2Si. The summed E-state index contributed by atoms with van der Waals surface area (Å²) in [7, 11) is -2.72. The molecule has 0 saturated heterocycles. The smallest absolute Gasteiger partial charge is 0.306 e. The average molecular weight is 374 g/mol. The summed E-state index contributed by atoms with van der Waals surface area (Å²) in [5, 5.41) is 3.49. The van der Waals surface area contributed by atoms with Crippen LogP contribution in [0.4, 0.5) is 0 Å². The Kier molecular flexibility index (Phi) is 6.74. The maximum Gasteiger partial charge on any atom is 0.321 e. The van der Waals surface area contributed by atoms with Gasteiger partial charge in [0, 0.05) is 12.6 Å². The molecule has 3 aromatic rings. The number of hydrogen-bond acceptors (Lipinski definition) is 3. The predicted molar refractivity (Wildman–Crippen MR) is 113 cm³/mol. The van der Waals surface area contributed by atoms with Crippen LogP contribution in [0.15, 0.2) is 103 Å². The SMILES string of the molecule is O=CCCC=CNO[Si](c1ccccc1)(c1ccccc1)c1ccccc1. The van der Waals surface area contributed by atoms with E-state index in [4.69, 9.17) is 4.53 Å². The highest BCUT2D eigenvalue weighted by atomic mass is 28.4. The second kappa shape index (κ2) is 9.66. The number of unbranched alkanes of at least 4 members (excludes halogenated alkanes) is 1. The average Bonchev–Trinajstić information content (AvgIpc) is 2.75. The topological polar surface area (TPSA) is 38.3 Å². The first-order valence-corrected chi connectivity index (χ1v) is 11.0. The molecule has 0 unspecified atom stereocenters. The summed E-state index contributed by atoms with van der Waals surface area (Å²) in [5.41, 5.74) is 3.05. The molecule has 0 aliphatic rings. The molecule has 0 fully saturated rings. The molecule has 4 heteroatoms. The van der Waals surface area contributed by atoms with E-state index >= 15 is 0 Å². The summed E-state index contributed by atoms with van der Waals surface area (Å²) in [6.07, 6.45) is 5.81. The summed E-state index contributed by atoms with van der Waals surface area (Å²) in [6, 6.07) is 31.1. The van der Waals surface area contributed by atoms with Crippen molar-refractivity contribution in [1.29, 1.82) is 0 Å². The van der Waals surface area contributed by atoms with Crippen molar-refractivity contribution in [2.75, 3.05) is 0 Å². The fourth-order valence-electron chi connectivity index (χ4n) is 3.11. The van der Waals surface area contributed by atoms with Crippen LogP contribution in [0.3, 0.4) is 0 Å². The second-order valence-corrected chi connectivity index (χ2v) is 9.44. The summed E-state index contributed by atoms with van der Waals surface area (Å²) in [5.74, 6) is 0. The van der Waals surface area contributed by atoms with E-state index in [2.05, 4.69) is 41.9 Å². The number of rotatable bonds is 9. The van der Waals surface area contributed by atoms with Gasteiger partial charge in [0.05, 0.1) is 0 Å². The summed E-state index contributed by atoms with van der Waals surface area (Å²) >= 11 is 0. The standard InChI is InChI=1S/C23H23NO2Si/c25-20-12-4-11-19-24-26-27(21-13-5-1-6-14-21,22-15-7-2-8-16-22)23-17-9-3-10-18-23/h1-3,5-11,13-20,24H,4,12H2. The van der Waals surface area contributed by atoms with Crippen LogP contribution >= 0.6 is 0 Å². The number of hydroxylamine groups is 1. The third-order valence-corrected chi connectivity index (χ3v) is 8.25. The third-order valence-electron chi connectivity index (χ3n) is 4.39. The molecule has 3 rings (SSSR count). The molecule has 0 amide bonds. The first-order chi connectivity index (χ1) is 13.4. The lowest BCUT2D eigenvalue weighted by atomic mass is 10.3.